The number of benzene rings is 1. The van der Waals surface area contributed by atoms with Gasteiger partial charge in [0.15, 0.2) is 0 Å². The molecular weight excluding hydrogens is 370 g/mol. The van der Waals surface area contributed by atoms with Crippen LogP contribution in [-0.4, -0.2) is 35.0 Å². The van der Waals surface area contributed by atoms with Gasteiger partial charge in [0.2, 0.25) is 0 Å². The zero-order valence-electron chi connectivity index (χ0n) is 17.3. The molecule has 1 aliphatic rings. The lowest BCUT2D eigenvalue weighted by molar-refractivity contribution is -0.138. The quantitative estimate of drug-likeness (QED) is 0.586. The molecule has 2 heterocycles. The van der Waals surface area contributed by atoms with E-state index in [9.17, 15) is 9.59 Å². The summed E-state index contributed by atoms with van der Waals surface area (Å²) < 4.78 is 10.3. The van der Waals surface area contributed by atoms with Gasteiger partial charge < -0.3 is 9.15 Å². The molecule has 3 rings (SSSR count). The Morgan fingerprint density at radius 2 is 1.90 bits per heavy atom. The molecule has 1 aliphatic heterocycles. The molecule has 7 heteroatoms. The van der Waals surface area contributed by atoms with Crippen LogP contribution in [-0.2, 0) is 16.1 Å². The van der Waals surface area contributed by atoms with Crippen molar-refractivity contribution < 1.29 is 18.7 Å². The number of piperidine rings is 1. The number of ether oxygens (including phenoxy) is 1. The fourth-order valence-corrected chi connectivity index (χ4v) is 3.49. The van der Waals surface area contributed by atoms with Crippen LogP contribution in [0.5, 0.6) is 0 Å². The Labute approximate surface area is 171 Å². The zero-order valence-corrected chi connectivity index (χ0v) is 17.3. The van der Waals surface area contributed by atoms with E-state index in [-0.39, 0.29) is 17.9 Å². The number of carbonyl (C=O) groups is 2. The third-order valence-electron chi connectivity index (χ3n) is 4.88. The van der Waals surface area contributed by atoms with Crippen LogP contribution in [0.1, 0.15) is 57.3 Å². The second kappa shape index (κ2) is 9.22. The highest BCUT2D eigenvalue weighted by molar-refractivity contribution is 5.91. The lowest BCUT2D eigenvalue weighted by Gasteiger charge is -2.31. The summed E-state index contributed by atoms with van der Waals surface area (Å²) in [4.78, 5) is 29.9. The fourth-order valence-electron chi connectivity index (χ4n) is 3.49. The first-order chi connectivity index (χ1) is 13.8. The summed E-state index contributed by atoms with van der Waals surface area (Å²) in [6.45, 7) is 8.28. The van der Waals surface area contributed by atoms with E-state index in [0.717, 1.165) is 25.9 Å². The van der Waals surface area contributed by atoms with Crippen molar-refractivity contribution in [1.29, 1.82) is 0 Å². The monoisotopic (exact) mass is 399 g/mol. The average Bonchev–Trinajstić information content (AvgIpc) is 3.08. The number of amides is 1. The van der Waals surface area contributed by atoms with Gasteiger partial charge in [0.05, 0.1) is 19.2 Å². The largest absolute Gasteiger partial charge is 0.427 e. The Bertz CT molecular complexity index is 818. The topological polar surface area (TPSA) is 84.7 Å². The van der Waals surface area contributed by atoms with Gasteiger partial charge >= 0.3 is 18.1 Å². The van der Waals surface area contributed by atoms with Gasteiger partial charge in [-0.15, -0.1) is 0 Å². The van der Waals surface area contributed by atoms with Gasteiger partial charge in [0.25, 0.3) is 0 Å². The summed E-state index contributed by atoms with van der Waals surface area (Å²) in [7, 11) is 0. The number of hydrogen-bond acceptors (Lipinski definition) is 6. The Hall–Kier alpha value is -2.67. The number of esters is 1. The second-order valence-electron chi connectivity index (χ2n) is 8.72. The van der Waals surface area contributed by atoms with Gasteiger partial charge in [0.1, 0.15) is 5.76 Å². The SMILES string of the molecule is CC(C)(C)CC(=O)OC(=O)Nc1ncc(CN2CCC(c3ccccc3)CC2)o1. The first kappa shape index (κ1) is 21.0. The van der Waals surface area contributed by atoms with Crippen molar-refractivity contribution >= 4 is 18.1 Å². The molecule has 1 fully saturated rings. The minimum absolute atomic E-state index is 0.0349. The highest BCUT2D eigenvalue weighted by Crippen LogP contribution is 2.28. The number of aromatic nitrogens is 1. The number of likely N-dealkylation sites (tertiary alicyclic amines) is 1. The number of anilines is 1. The molecule has 2 aromatic rings. The van der Waals surface area contributed by atoms with E-state index < -0.39 is 12.1 Å². The van der Waals surface area contributed by atoms with Gasteiger partial charge in [0, 0.05) is 0 Å². The van der Waals surface area contributed by atoms with E-state index in [1.165, 1.54) is 5.56 Å². The summed E-state index contributed by atoms with van der Waals surface area (Å²) in [6.07, 6.45) is 3.07. The molecule has 156 valence electrons. The molecule has 0 atom stereocenters. The normalized spacial score (nSPS) is 15.8. The number of carbonyl (C=O) groups excluding carboxylic acids is 2. The van der Waals surface area contributed by atoms with Crippen LogP contribution in [0.25, 0.3) is 0 Å². The maximum absolute atomic E-state index is 11.8. The van der Waals surface area contributed by atoms with Crippen molar-refractivity contribution in [2.45, 2.75) is 52.5 Å². The Morgan fingerprint density at radius 1 is 1.21 bits per heavy atom. The lowest BCUT2D eigenvalue weighted by atomic mass is 9.89. The van der Waals surface area contributed by atoms with Gasteiger partial charge in [-0.3, -0.25) is 9.69 Å². The number of nitrogens with zero attached hydrogens (tertiary/aromatic N) is 2. The first-order valence-corrected chi connectivity index (χ1v) is 10.0. The first-order valence-electron chi connectivity index (χ1n) is 10.0. The molecule has 0 saturated carbocycles. The van der Waals surface area contributed by atoms with Crippen molar-refractivity contribution in [2.75, 3.05) is 18.4 Å². The molecule has 0 spiro atoms. The Morgan fingerprint density at radius 3 is 2.55 bits per heavy atom. The van der Waals surface area contributed by atoms with Gasteiger partial charge in [-0.2, -0.15) is 0 Å². The molecule has 0 unspecified atom stereocenters. The maximum atomic E-state index is 11.8. The van der Waals surface area contributed by atoms with Crippen molar-refractivity contribution in [1.82, 2.24) is 9.88 Å². The Balaban J connectivity index is 1.44. The summed E-state index contributed by atoms with van der Waals surface area (Å²) in [5.41, 5.74) is 1.15. The van der Waals surface area contributed by atoms with Crippen LogP contribution < -0.4 is 5.32 Å². The van der Waals surface area contributed by atoms with Crippen LogP contribution in [0.4, 0.5) is 10.8 Å². The molecule has 7 nitrogen and oxygen atoms in total. The summed E-state index contributed by atoms with van der Waals surface area (Å²) in [5, 5.41) is 2.37. The standard InChI is InChI=1S/C22H29N3O4/c1-22(2,3)13-19(26)29-21(27)24-20-23-14-18(28-20)15-25-11-9-17(10-12-25)16-7-5-4-6-8-16/h4-8,14,17H,9-13,15H2,1-3H3,(H,23,24,27). The minimum Gasteiger partial charge on any atom is -0.427 e. The van der Waals surface area contributed by atoms with E-state index in [1.54, 1.807) is 6.20 Å². The molecule has 0 aliphatic carbocycles. The van der Waals surface area contributed by atoms with Crippen molar-refractivity contribution in [3.63, 3.8) is 0 Å². The lowest BCUT2D eigenvalue weighted by Crippen LogP contribution is -2.32. The molecule has 1 aromatic carbocycles. The molecule has 1 saturated heterocycles. The Kier molecular flexibility index (Phi) is 6.69. The molecule has 1 amide bonds. The summed E-state index contributed by atoms with van der Waals surface area (Å²) >= 11 is 0. The second-order valence-corrected chi connectivity index (χ2v) is 8.72. The molecule has 1 aromatic heterocycles. The zero-order chi connectivity index (χ0) is 20.9. The van der Waals surface area contributed by atoms with Crippen molar-refractivity contribution in [2.24, 2.45) is 5.41 Å². The highest BCUT2D eigenvalue weighted by Gasteiger charge is 2.23. The molecular formula is C22H29N3O4. The molecule has 29 heavy (non-hydrogen) atoms. The van der Waals surface area contributed by atoms with E-state index in [4.69, 9.17) is 9.15 Å². The van der Waals surface area contributed by atoms with Crippen LogP contribution in [0.15, 0.2) is 40.9 Å². The number of rotatable bonds is 5. The van der Waals surface area contributed by atoms with Crippen LogP contribution >= 0.6 is 0 Å². The van der Waals surface area contributed by atoms with Crippen LogP contribution in [0.2, 0.25) is 0 Å². The minimum atomic E-state index is -0.878. The van der Waals surface area contributed by atoms with Crippen LogP contribution in [0.3, 0.4) is 0 Å². The predicted octanol–water partition coefficient (Wildman–Crippen LogP) is 4.57. The van der Waals surface area contributed by atoms with E-state index in [2.05, 4.69) is 39.5 Å². The summed E-state index contributed by atoms with van der Waals surface area (Å²) in [5.74, 6) is 0.683. The smallest absolute Gasteiger partial charge is 0.423 e. The number of nitrogens with one attached hydrogen (secondary N) is 1. The third-order valence-corrected chi connectivity index (χ3v) is 4.88. The summed E-state index contributed by atoms with van der Waals surface area (Å²) in [6, 6.07) is 10.6. The molecule has 0 radical (unpaired) electrons. The van der Waals surface area contributed by atoms with E-state index >= 15 is 0 Å². The predicted molar refractivity (Wildman–Crippen MR) is 109 cm³/mol. The maximum Gasteiger partial charge on any atom is 0.423 e. The number of oxazole rings is 1. The fraction of sp³-hybridized carbons (Fsp3) is 0.500. The van der Waals surface area contributed by atoms with Gasteiger partial charge in [-0.1, -0.05) is 51.1 Å². The molecule has 1 N–H and O–H groups in total. The average molecular weight is 399 g/mol. The molecule has 0 bridgehead atoms. The van der Waals surface area contributed by atoms with Crippen molar-refractivity contribution in [3.05, 3.63) is 47.9 Å². The third kappa shape index (κ3) is 6.71. The van der Waals surface area contributed by atoms with Gasteiger partial charge in [-0.05, 0) is 42.8 Å². The van der Waals surface area contributed by atoms with E-state index in [0.29, 0.717) is 18.2 Å². The van der Waals surface area contributed by atoms with Crippen LogP contribution in [0, 0.1) is 5.41 Å². The van der Waals surface area contributed by atoms with Crippen molar-refractivity contribution in [3.8, 4) is 0 Å². The van der Waals surface area contributed by atoms with Gasteiger partial charge in [-0.25, -0.2) is 15.1 Å². The van der Waals surface area contributed by atoms with E-state index in [1.807, 2.05) is 26.8 Å². The number of hydrogen-bond donors (Lipinski definition) is 1. The highest BCUT2D eigenvalue weighted by atomic mass is 16.6.